The summed E-state index contributed by atoms with van der Waals surface area (Å²) < 4.78 is 0. The second-order valence-corrected chi connectivity index (χ2v) is 4.41. The number of carbonyl (C=O) groups excluding carboxylic acids is 2. The summed E-state index contributed by atoms with van der Waals surface area (Å²) in [6.07, 6.45) is 1.27. The number of carbonyl (C=O) groups is 2. The smallest absolute Gasteiger partial charge is 0.224 e. The van der Waals surface area contributed by atoms with E-state index in [1.807, 2.05) is 0 Å². The highest BCUT2D eigenvalue weighted by Crippen LogP contribution is 2.15. The first kappa shape index (κ1) is 13.0. The van der Waals surface area contributed by atoms with Crippen LogP contribution in [-0.2, 0) is 9.59 Å². The highest BCUT2D eigenvalue weighted by atomic mass is 16.2. The maximum Gasteiger partial charge on any atom is 0.224 e. The molecule has 0 saturated carbocycles. The molecular weight excluding hydrogens is 206 g/mol. The normalized spacial score (nSPS) is 24.9. The Labute approximate surface area is 96.4 Å². The van der Waals surface area contributed by atoms with Crippen LogP contribution in [0.3, 0.4) is 0 Å². The number of nitrogens with one attached hydrogen (secondary N) is 3. The van der Waals surface area contributed by atoms with Gasteiger partial charge in [-0.3, -0.25) is 9.59 Å². The summed E-state index contributed by atoms with van der Waals surface area (Å²) in [4.78, 5) is 22.7. The zero-order chi connectivity index (χ0) is 12.0. The molecule has 1 aliphatic rings. The Kier molecular flexibility index (Phi) is 5.25. The van der Waals surface area contributed by atoms with Crippen LogP contribution >= 0.6 is 0 Å². The average molecular weight is 227 g/mol. The van der Waals surface area contributed by atoms with Crippen molar-refractivity contribution < 1.29 is 9.59 Å². The summed E-state index contributed by atoms with van der Waals surface area (Å²) >= 11 is 0. The van der Waals surface area contributed by atoms with Crippen LogP contribution in [0.5, 0.6) is 0 Å². The van der Waals surface area contributed by atoms with Crippen molar-refractivity contribution in [1.82, 2.24) is 16.0 Å². The third-order valence-electron chi connectivity index (χ3n) is 2.87. The molecule has 0 bridgehead atoms. The van der Waals surface area contributed by atoms with Crippen LogP contribution in [0.1, 0.15) is 19.8 Å². The molecule has 0 spiro atoms. The van der Waals surface area contributed by atoms with Crippen molar-refractivity contribution in [3.05, 3.63) is 0 Å². The van der Waals surface area contributed by atoms with Gasteiger partial charge < -0.3 is 16.0 Å². The van der Waals surface area contributed by atoms with Crippen molar-refractivity contribution in [2.24, 2.45) is 11.8 Å². The van der Waals surface area contributed by atoms with Crippen LogP contribution in [-0.4, -0.2) is 38.5 Å². The molecule has 2 unspecified atom stereocenters. The van der Waals surface area contributed by atoms with Crippen LogP contribution < -0.4 is 16.0 Å². The third kappa shape index (κ3) is 4.18. The van der Waals surface area contributed by atoms with Crippen LogP contribution in [0, 0.1) is 11.8 Å². The van der Waals surface area contributed by atoms with Crippen LogP contribution in [0.2, 0.25) is 0 Å². The van der Waals surface area contributed by atoms with Gasteiger partial charge in [-0.05, 0) is 18.9 Å². The highest BCUT2D eigenvalue weighted by molar-refractivity contribution is 5.80. The lowest BCUT2D eigenvalue weighted by molar-refractivity contribution is -0.126. The van der Waals surface area contributed by atoms with Crippen molar-refractivity contribution >= 4 is 11.8 Å². The van der Waals surface area contributed by atoms with Gasteiger partial charge in [0.1, 0.15) is 0 Å². The molecule has 5 heteroatoms. The monoisotopic (exact) mass is 227 g/mol. The minimum atomic E-state index is -0.0459. The fourth-order valence-corrected chi connectivity index (χ4v) is 1.92. The van der Waals surface area contributed by atoms with Crippen LogP contribution in [0.25, 0.3) is 0 Å². The van der Waals surface area contributed by atoms with Gasteiger partial charge in [-0.15, -0.1) is 0 Å². The van der Waals surface area contributed by atoms with Gasteiger partial charge in [-0.2, -0.15) is 0 Å². The van der Waals surface area contributed by atoms with E-state index in [1.54, 1.807) is 7.05 Å². The number of rotatable bonds is 4. The second-order valence-electron chi connectivity index (χ2n) is 4.41. The predicted molar refractivity (Wildman–Crippen MR) is 61.8 cm³/mol. The molecule has 0 radical (unpaired) electrons. The molecule has 2 atom stereocenters. The Bertz CT molecular complexity index is 256. The zero-order valence-corrected chi connectivity index (χ0v) is 10.0. The minimum Gasteiger partial charge on any atom is -0.359 e. The summed E-state index contributed by atoms with van der Waals surface area (Å²) in [5, 5.41) is 8.56. The molecular formula is C11H21N3O2. The molecule has 1 fully saturated rings. The lowest BCUT2D eigenvalue weighted by Gasteiger charge is -2.26. The van der Waals surface area contributed by atoms with E-state index in [0.29, 0.717) is 18.9 Å². The molecule has 2 amide bonds. The third-order valence-corrected chi connectivity index (χ3v) is 2.87. The Balaban J connectivity index is 2.21. The summed E-state index contributed by atoms with van der Waals surface area (Å²) in [6.45, 7) is 4.29. The van der Waals surface area contributed by atoms with E-state index in [-0.39, 0.29) is 17.7 Å². The molecule has 92 valence electrons. The lowest BCUT2D eigenvalue weighted by Crippen LogP contribution is -2.44. The van der Waals surface area contributed by atoms with E-state index >= 15 is 0 Å². The van der Waals surface area contributed by atoms with Crippen molar-refractivity contribution in [2.75, 3.05) is 26.7 Å². The number of piperidine rings is 1. The quantitative estimate of drug-likeness (QED) is 0.605. The first-order chi connectivity index (χ1) is 7.63. The maximum absolute atomic E-state index is 11.7. The fourth-order valence-electron chi connectivity index (χ4n) is 1.92. The van der Waals surface area contributed by atoms with Crippen LogP contribution in [0.4, 0.5) is 0 Å². The zero-order valence-electron chi connectivity index (χ0n) is 10.0. The fraction of sp³-hybridized carbons (Fsp3) is 0.818. The van der Waals surface area contributed by atoms with E-state index in [1.165, 1.54) is 0 Å². The average Bonchev–Trinajstić information content (AvgIpc) is 2.28. The molecule has 1 rings (SSSR count). The summed E-state index contributed by atoms with van der Waals surface area (Å²) in [6, 6.07) is 0. The van der Waals surface area contributed by atoms with Gasteiger partial charge in [0, 0.05) is 26.6 Å². The van der Waals surface area contributed by atoms with Crippen LogP contribution in [0.15, 0.2) is 0 Å². The lowest BCUT2D eigenvalue weighted by atomic mass is 9.91. The predicted octanol–water partition coefficient (Wildman–Crippen LogP) is -0.516. The first-order valence-corrected chi connectivity index (χ1v) is 5.82. The number of hydrogen-bond acceptors (Lipinski definition) is 3. The second kappa shape index (κ2) is 6.48. The van der Waals surface area contributed by atoms with Crippen molar-refractivity contribution in [1.29, 1.82) is 0 Å². The number of amides is 2. The van der Waals surface area contributed by atoms with E-state index in [9.17, 15) is 9.59 Å². The molecule has 0 aromatic carbocycles. The Morgan fingerprint density at radius 2 is 2.12 bits per heavy atom. The topological polar surface area (TPSA) is 70.2 Å². The molecule has 0 aliphatic carbocycles. The molecule has 0 aromatic rings. The Morgan fingerprint density at radius 3 is 2.75 bits per heavy atom. The van der Waals surface area contributed by atoms with Gasteiger partial charge >= 0.3 is 0 Å². The van der Waals surface area contributed by atoms with Crippen molar-refractivity contribution in [2.45, 2.75) is 19.8 Å². The Morgan fingerprint density at radius 1 is 1.38 bits per heavy atom. The van der Waals surface area contributed by atoms with Gasteiger partial charge in [0.2, 0.25) is 11.8 Å². The summed E-state index contributed by atoms with van der Waals surface area (Å²) in [5.41, 5.74) is 0. The van der Waals surface area contributed by atoms with Crippen molar-refractivity contribution in [3.63, 3.8) is 0 Å². The summed E-state index contributed by atoms with van der Waals surface area (Å²) in [5.74, 6) is 0.607. The molecule has 1 saturated heterocycles. The SMILES string of the molecule is CNC(=O)CCNC(=O)C1CNCC(C)C1. The molecule has 5 nitrogen and oxygen atoms in total. The molecule has 1 aliphatic heterocycles. The maximum atomic E-state index is 11.7. The molecule has 3 N–H and O–H groups in total. The van der Waals surface area contributed by atoms with Gasteiger partial charge in [-0.1, -0.05) is 6.92 Å². The Hall–Kier alpha value is -1.10. The van der Waals surface area contributed by atoms with Gasteiger partial charge in [-0.25, -0.2) is 0 Å². The molecule has 16 heavy (non-hydrogen) atoms. The van der Waals surface area contributed by atoms with E-state index in [2.05, 4.69) is 22.9 Å². The molecule has 1 heterocycles. The largest absolute Gasteiger partial charge is 0.359 e. The van der Waals surface area contributed by atoms with Gasteiger partial charge in [0.15, 0.2) is 0 Å². The van der Waals surface area contributed by atoms with E-state index in [4.69, 9.17) is 0 Å². The minimum absolute atomic E-state index is 0.0459. The van der Waals surface area contributed by atoms with E-state index in [0.717, 1.165) is 19.5 Å². The highest BCUT2D eigenvalue weighted by Gasteiger charge is 2.24. The van der Waals surface area contributed by atoms with Crippen molar-refractivity contribution in [3.8, 4) is 0 Å². The first-order valence-electron chi connectivity index (χ1n) is 5.82. The molecule has 0 aromatic heterocycles. The van der Waals surface area contributed by atoms with Gasteiger partial charge in [0.25, 0.3) is 0 Å². The summed E-state index contributed by atoms with van der Waals surface area (Å²) in [7, 11) is 1.59. The number of hydrogen-bond donors (Lipinski definition) is 3. The van der Waals surface area contributed by atoms with Gasteiger partial charge in [0.05, 0.1) is 5.92 Å². The standard InChI is InChI=1S/C11H21N3O2/c1-8-5-9(7-13-6-8)11(16)14-4-3-10(15)12-2/h8-9,13H,3-7H2,1-2H3,(H,12,15)(H,14,16). The van der Waals surface area contributed by atoms with E-state index < -0.39 is 0 Å².